The van der Waals surface area contributed by atoms with Crippen LogP contribution in [0.1, 0.15) is 204 Å². The zero-order valence-electron chi connectivity index (χ0n) is 56.9. The van der Waals surface area contributed by atoms with Gasteiger partial charge in [-0.05, 0) is 253 Å². The molecule has 10 nitrogen and oxygen atoms in total. The lowest BCUT2D eigenvalue weighted by Gasteiger charge is -2.65. The lowest BCUT2D eigenvalue weighted by atomic mass is 9.41. The Morgan fingerprint density at radius 1 is 0.495 bits per heavy atom. The first-order valence-corrected chi connectivity index (χ1v) is 39.0. The SMILES string of the molecule is CC[C@@H]1C2C[C@H](C)CCC2(C)[C@H]2CCC3(C)C([C@H](C)CCCC(=O)CS(=O)(=O)c4ccc5ccccc5c4)CC[C@H]3[C@@H]2[C@@H]1O.CC[C@@H]1C2C[C@H](O)CCC2(C)[C@H]2CCC3(C)C([C@H](C)CCCC(=O)CS(=O)(=O)c4ccc5ccccc5c4)CC[C@H]3[C@@H]2[C@@H]1O.CO.Cl. The lowest BCUT2D eigenvalue weighted by Crippen LogP contribution is -2.62. The summed E-state index contributed by atoms with van der Waals surface area (Å²) in [5, 5.41) is 45.3. The van der Waals surface area contributed by atoms with Crippen molar-refractivity contribution in [2.24, 2.45) is 110 Å². The minimum absolute atomic E-state index is 0. The Morgan fingerprint density at radius 3 is 1.29 bits per heavy atom. The van der Waals surface area contributed by atoms with E-state index in [1.807, 2.05) is 60.7 Å². The summed E-state index contributed by atoms with van der Waals surface area (Å²) in [5.41, 5.74) is 1.02. The van der Waals surface area contributed by atoms with Gasteiger partial charge < -0.3 is 20.4 Å². The number of Topliss-reactive ketones (excluding diaryl/α,β-unsaturated/α-hetero) is 2. The highest BCUT2D eigenvalue weighted by molar-refractivity contribution is 7.92. The molecule has 0 amide bonds. The number of hydrogen-bond acceptors (Lipinski definition) is 10. The van der Waals surface area contributed by atoms with E-state index in [9.17, 15) is 41.7 Å². The Balaban J connectivity index is 0.000000208. The maximum absolute atomic E-state index is 13.1. The number of carbonyl (C=O) groups is 2. The summed E-state index contributed by atoms with van der Waals surface area (Å²) in [5.74, 6) is 6.51. The van der Waals surface area contributed by atoms with Crippen LogP contribution in [-0.2, 0) is 29.3 Å². The van der Waals surface area contributed by atoms with E-state index < -0.39 is 31.2 Å². The van der Waals surface area contributed by atoms with Crippen molar-refractivity contribution in [2.45, 2.75) is 232 Å². The fraction of sp³-hybridized carbons (Fsp3) is 0.718. The Hall–Kier alpha value is -3.23. The van der Waals surface area contributed by atoms with E-state index in [1.54, 1.807) is 24.3 Å². The molecule has 0 radical (unpaired) electrons. The fourth-order valence-electron chi connectivity index (χ4n) is 23.2. The maximum atomic E-state index is 13.1. The normalized spacial score (nSPS) is 38.1. The van der Waals surface area contributed by atoms with Gasteiger partial charge in [0.25, 0.3) is 0 Å². The van der Waals surface area contributed by atoms with Crippen LogP contribution in [-0.4, -0.2) is 85.8 Å². The quantitative estimate of drug-likeness (QED) is 0.0748. The summed E-state index contributed by atoms with van der Waals surface area (Å²) in [6, 6.07) is 25.6. The molecular weight excluding hydrogens is 1200 g/mol. The molecule has 12 rings (SSSR count). The number of benzene rings is 4. The Labute approximate surface area is 554 Å². The van der Waals surface area contributed by atoms with E-state index in [0.29, 0.717) is 95.2 Å². The third kappa shape index (κ3) is 13.8. The number of fused-ring (bicyclic) bond motifs is 12. The van der Waals surface area contributed by atoms with E-state index in [-0.39, 0.29) is 74.2 Å². The predicted octanol–water partition coefficient (Wildman–Crippen LogP) is 16.5. The second-order valence-electron chi connectivity index (χ2n) is 32.0. The third-order valence-corrected chi connectivity index (χ3v) is 31.0. The van der Waals surface area contributed by atoms with Crippen molar-refractivity contribution in [3.8, 4) is 0 Å². The van der Waals surface area contributed by atoms with Gasteiger partial charge in [0.2, 0.25) is 0 Å². The zero-order valence-corrected chi connectivity index (χ0v) is 59.4. The van der Waals surface area contributed by atoms with Gasteiger partial charge in [-0.1, -0.05) is 155 Å². The van der Waals surface area contributed by atoms with Gasteiger partial charge in [-0.15, -0.1) is 12.4 Å². The van der Waals surface area contributed by atoms with Crippen molar-refractivity contribution in [3.63, 3.8) is 0 Å². The van der Waals surface area contributed by atoms with Crippen molar-refractivity contribution in [2.75, 3.05) is 18.6 Å². The first-order chi connectivity index (χ1) is 42.8. The Kier molecular flexibility index (Phi) is 22.8. The molecule has 4 N–H and O–H groups in total. The van der Waals surface area contributed by atoms with Crippen molar-refractivity contribution in [3.05, 3.63) is 84.9 Å². The number of rotatable bonds is 18. The maximum Gasteiger partial charge on any atom is 0.185 e. The van der Waals surface area contributed by atoms with Crippen molar-refractivity contribution in [1.29, 1.82) is 0 Å². The summed E-state index contributed by atoms with van der Waals surface area (Å²) in [6.45, 7) is 21.8. The topological polar surface area (TPSA) is 183 Å². The molecule has 0 aliphatic heterocycles. The van der Waals surface area contributed by atoms with Crippen molar-refractivity contribution >= 4 is 65.2 Å². The van der Waals surface area contributed by atoms with Gasteiger partial charge in [0.1, 0.15) is 23.1 Å². The first kappa shape index (κ1) is 72.0. The van der Waals surface area contributed by atoms with Crippen LogP contribution < -0.4 is 0 Å². The highest BCUT2D eigenvalue weighted by Gasteiger charge is 2.67. The van der Waals surface area contributed by atoms with Crippen molar-refractivity contribution in [1.82, 2.24) is 0 Å². The van der Waals surface area contributed by atoms with Gasteiger partial charge in [0.05, 0.1) is 28.1 Å². The number of halogens is 1. The molecule has 0 saturated heterocycles. The molecule has 13 heteroatoms. The van der Waals surface area contributed by atoms with E-state index >= 15 is 0 Å². The Morgan fingerprint density at radius 2 is 0.868 bits per heavy atom. The molecule has 4 aromatic rings. The van der Waals surface area contributed by atoms with Gasteiger partial charge in [-0.25, -0.2) is 16.8 Å². The van der Waals surface area contributed by atoms with Crippen LogP contribution in [0.5, 0.6) is 0 Å². The van der Waals surface area contributed by atoms with Gasteiger partial charge >= 0.3 is 0 Å². The molecule has 0 bridgehead atoms. The van der Waals surface area contributed by atoms with Crippen molar-refractivity contribution < 1.29 is 46.9 Å². The average molecular weight is 1310 g/mol. The smallest absolute Gasteiger partial charge is 0.185 e. The molecule has 4 aromatic carbocycles. The summed E-state index contributed by atoms with van der Waals surface area (Å²) in [4.78, 5) is 26.2. The lowest BCUT2D eigenvalue weighted by molar-refractivity contribution is -0.203. The standard InChI is InChI=1S/C39H56O4S.C38H54O5S.CH4O.ClH/c1-6-31-35-22-25(2)18-20-39(35,5)34-19-21-38(4)32(16-17-33(38)36(34)37(31)41)26(3)10-9-13-29(40)24-44(42,43)30-15-14-27-11-7-8-12-28(27)23-30;1-5-30-34-22-27(39)17-19-38(34,4)33-18-20-37(3)31(15-16-32(37)35(33)36(30)41)24(2)9-8-12-28(40)23-44(42,43)29-14-13-25-10-6-7-11-26(25)21-29;1-2;/h7-8,11-12,14-15,23,25-26,31-37,41H,6,9-10,13,16-22,24H2,1-5H3;6-7,10-11,13-14,21,24,27,30-36,39,41H,5,8-9,12,15-20,22-23H2,1-4H3;2H,1H3;1H/t25-,26-,31-,32?,33+,34+,35?,36+,37-,38?,39?;24-,27-,30-,31?,32+,33+,34?,35+,36-,37?,38?;;/m11../s1. The van der Waals surface area contributed by atoms with E-state index in [2.05, 4.69) is 62.3 Å². The second kappa shape index (κ2) is 28.8. The molecule has 8 saturated carbocycles. The zero-order chi connectivity index (χ0) is 64.9. The van der Waals surface area contributed by atoms with Crippen LogP contribution >= 0.6 is 12.4 Å². The highest BCUT2D eigenvalue weighted by Crippen LogP contribution is 2.72. The van der Waals surface area contributed by atoms with Gasteiger partial charge in [0, 0.05) is 20.0 Å². The van der Waals surface area contributed by atoms with Crippen LogP contribution in [0, 0.1) is 110 Å². The number of ketones is 2. The van der Waals surface area contributed by atoms with Crippen LogP contribution in [0.25, 0.3) is 21.5 Å². The molecular formula is C78H115ClO10S2. The van der Waals surface area contributed by atoms with Crippen LogP contribution in [0.15, 0.2) is 94.7 Å². The summed E-state index contributed by atoms with van der Waals surface area (Å²) < 4.78 is 52.2. The number of aliphatic hydroxyl groups excluding tert-OH is 4. The number of hydrogen-bond donors (Lipinski definition) is 4. The minimum atomic E-state index is -3.67. The molecule has 8 fully saturated rings. The van der Waals surface area contributed by atoms with Crippen LogP contribution in [0.2, 0.25) is 0 Å². The number of aliphatic hydroxyl groups is 4. The second-order valence-corrected chi connectivity index (χ2v) is 36.0. The fourth-order valence-corrected chi connectivity index (χ4v) is 25.8. The molecule has 8 unspecified atom stereocenters. The average Bonchev–Trinajstić information content (AvgIpc) is 1.70. The summed E-state index contributed by atoms with van der Waals surface area (Å²) in [6.07, 6.45) is 21.8. The largest absolute Gasteiger partial charge is 0.400 e. The molecule has 8 aliphatic carbocycles. The van der Waals surface area contributed by atoms with Gasteiger partial charge in [-0.3, -0.25) is 9.59 Å². The van der Waals surface area contributed by atoms with E-state index in [0.717, 1.165) is 92.4 Å². The molecule has 0 heterocycles. The Bertz CT molecular complexity index is 3170. The van der Waals surface area contributed by atoms with Gasteiger partial charge in [-0.2, -0.15) is 0 Å². The summed E-state index contributed by atoms with van der Waals surface area (Å²) in [7, 11) is -6.33. The van der Waals surface area contributed by atoms with E-state index in [1.165, 1.54) is 70.6 Å². The molecule has 8 aliphatic rings. The predicted molar refractivity (Wildman–Crippen MR) is 370 cm³/mol. The highest BCUT2D eigenvalue weighted by atomic mass is 35.5. The molecule has 0 aromatic heterocycles. The van der Waals surface area contributed by atoms with Gasteiger partial charge in [0.15, 0.2) is 19.7 Å². The number of sulfone groups is 2. The third-order valence-electron chi connectivity index (χ3n) is 27.7. The molecule has 0 spiro atoms. The molecule has 22 atom stereocenters. The first-order valence-electron chi connectivity index (χ1n) is 35.7. The van der Waals surface area contributed by atoms with Crippen LogP contribution in [0.4, 0.5) is 0 Å². The monoisotopic (exact) mass is 1310 g/mol. The minimum Gasteiger partial charge on any atom is -0.400 e. The molecule has 506 valence electrons. The summed E-state index contributed by atoms with van der Waals surface area (Å²) >= 11 is 0. The van der Waals surface area contributed by atoms with Crippen LogP contribution in [0.3, 0.4) is 0 Å². The molecule has 91 heavy (non-hydrogen) atoms. The van der Waals surface area contributed by atoms with E-state index in [4.69, 9.17) is 5.11 Å². The number of carbonyl (C=O) groups excluding carboxylic acids is 2.